The second-order valence-corrected chi connectivity index (χ2v) is 6.78. The first-order valence-electron chi connectivity index (χ1n) is 9.21. The van der Waals surface area contributed by atoms with Gasteiger partial charge < -0.3 is 21.7 Å². The number of nitrogens with one attached hydrogen (secondary N) is 3. The van der Waals surface area contributed by atoms with Gasteiger partial charge in [-0.3, -0.25) is 9.78 Å². The summed E-state index contributed by atoms with van der Waals surface area (Å²) in [5.41, 5.74) is 7.36. The number of aromatic nitrogens is 5. The Morgan fingerprint density at radius 3 is 2.60 bits per heavy atom. The molecule has 0 unspecified atom stereocenters. The number of rotatable bonds is 6. The lowest BCUT2D eigenvalue weighted by Crippen LogP contribution is -2.44. The Hall–Kier alpha value is -4.17. The number of nitrogens with zero attached hydrogens (tertiary/aromatic N) is 6. The molecule has 1 fully saturated rings. The molecule has 4 rings (SSSR count). The third kappa shape index (κ3) is 4.45. The lowest BCUT2D eigenvalue weighted by Gasteiger charge is -2.34. The van der Waals surface area contributed by atoms with Crippen LogP contribution in [0.15, 0.2) is 43.0 Å². The molecular formula is C19H18N10O. The number of pyridine rings is 1. The quantitative estimate of drug-likeness (QED) is 0.473. The normalized spacial score (nSPS) is 17.3. The highest BCUT2D eigenvalue weighted by molar-refractivity contribution is 6.06. The summed E-state index contributed by atoms with van der Waals surface area (Å²) < 4.78 is 0. The highest BCUT2D eigenvalue weighted by Gasteiger charge is 2.27. The molecule has 30 heavy (non-hydrogen) atoms. The first kappa shape index (κ1) is 19.2. The molecule has 0 saturated heterocycles. The minimum atomic E-state index is -0.399. The van der Waals surface area contributed by atoms with Crippen molar-refractivity contribution in [1.82, 2.24) is 25.1 Å². The molecule has 1 saturated carbocycles. The van der Waals surface area contributed by atoms with E-state index in [1.54, 1.807) is 30.6 Å². The lowest BCUT2D eigenvalue weighted by molar-refractivity contribution is 0.102. The zero-order chi connectivity index (χ0) is 20.9. The topological polar surface area (TPSA) is 167 Å². The highest BCUT2D eigenvalue weighted by atomic mass is 16.2. The van der Waals surface area contributed by atoms with Crippen LogP contribution in [0.2, 0.25) is 0 Å². The standard InChI is InChI=1S/C19H18N10O/c20-8-14-9-24-17(10-23-14)27-16-7-15(25-13-5-11(21)6-13)18(29-28-16)19(30)26-12-1-3-22-4-2-12/h1-4,7,9-11,13H,5-6,21H2,(H,22,26,30)(H2,24,25,27,28). The van der Waals surface area contributed by atoms with E-state index in [2.05, 4.69) is 41.1 Å². The molecule has 3 aromatic rings. The highest BCUT2D eigenvalue weighted by Crippen LogP contribution is 2.26. The number of carbonyl (C=O) groups excluding carboxylic acids is 1. The molecule has 11 heteroatoms. The van der Waals surface area contributed by atoms with Crippen LogP contribution in [0, 0.1) is 11.3 Å². The van der Waals surface area contributed by atoms with Crippen molar-refractivity contribution in [3.63, 3.8) is 0 Å². The van der Waals surface area contributed by atoms with Crippen LogP contribution in [-0.2, 0) is 0 Å². The molecule has 3 heterocycles. The van der Waals surface area contributed by atoms with E-state index in [4.69, 9.17) is 11.0 Å². The van der Waals surface area contributed by atoms with Crippen LogP contribution in [0.1, 0.15) is 29.0 Å². The minimum absolute atomic E-state index is 0.151. The maximum absolute atomic E-state index is 12.8. The van der Waals surface area contributed by atoms with Crippen molar-refractivity contribution in [2.45, 2.75) is 24.9 Å². The van der Waals surface area contributed by atoms with Crippen molar-refractivity contribution < 1.29 is 4.79 Å². The van der Waals surface area contributed by atoms with Gasteiger partial charge in [-0.2, -0.15) is 5.26 Å². The molecule has 5 N–H and O–H groups in total. The van der Waals surface area contributed by atoms with E-state index in [1.165, 1.54) is 12.4 Å². The Bertz CT molecular complexity index is 1070. The summed E-state index contributed by atoms with van der Waals surface area (Å²) in [6.45, 7) is 0. The smallest absolute Gasteiger partial charge is 0.278 e. The lowest BCUT2D eigenvalue weighted by atomic mass is 9.87. The summed E-state index contributed by atoms with van der Waals surface area (Å²) in [5, 5.41) is 26.1. The predicted molar refractivity (Wildman–Crippen MR) is 109 cm³/mol. The Balaban J connectivity index is 1.57. The van der Waals surface area contributed by atoms with E-state index < -0.39 is 5.91 Å². The third-order valence-electron chi connectivity index (χ3n) is 4.50. The average molecular weight is 402 g/mol. The predicted octanol–water partition coefficient (Wildman–Crippen LogP) is 1.43. The molecule has 1 aliphatic carbocycles. The molecule has 3 aromatic heterocycles. The summed E-state index contributed by atoms with van der Waals surface area (Å²) >= 11 is 0. The number of anilines is 4. The molecule has 0 atom stereocenters. The molecule has 0 aliphatic heterocycles. The van der Waals surface area contributed by atoms with Crippen LogP contribution in [0.25, 0.3) is 0 Å². The molecule has 0 radical (unpaired) electrons. The van der Waals surface area contributed by atoms with Crippen molar-refractivity contribution in [2.24, 2.45) is 5.73 Å². The fourth-order valence-corrected chi connectivity index (χ4v) is 2.94. The SMILES string of the molecule is N#Cc1cnc(Nc2cc(NC3CC(N)C3)c(C(=O)Nc3ccncc3)nn2)cn1. The number of amides is 1. The fraction of sp³-hybridized carbons (Fsp3) is 0.211. The molecule has 11 nitrogen and oxygen atoms in total. The van der Waals surface area contributed by atoms with Crippen LogP contribution < -0.4 is 21.7 Å². The first-order chi connectivity index (χ1) is 14.6. The summed E-state index contributed by atoms with van der Waals surface area (Å²) in [5.74, 6) is 0.374. The zero-order valence-electron chi connectivity index (χ0n) is 15.8. The van der Waals surface area contributed by atoms with Crippen molar-refractivity contribution in [3.8, 4) is 6.07 Å². The van der Waals surface area contributed by atoms with Gasteiger partial charge in [0.15, 0.2) is 17.2 Å². The van der Waals surface area contributed by atoms with Gasteiger partial charge in [0.2, 0.25) is 0 Å². The second-order valence-electron chi connectivity index (χ2n) is 6.78. The third-order valence-corrected chi connectivity index (χ3v) is 4.50. The number of hydrogen-bond acceptors (Lipinski definition) is 10. The number of hydrogen-bond donors (Lipinski definition) is 4. The van der Waals surface area contributed by atoms with Crippen LogP contribution in [0.5, 0.6) is 0 Å². The van der Waals surface area contributed by atoms with Gasteiger partial charge in [0, 0.05) is 36.2 Å². The van der Waals surface area contributed by atoms with Gasteiger partial charge in [0.25, 0.3) is 5.91 Å². The molecule has 1 aliphatic rings. The summed E-state index contributed by atoms with van der Waals surface area (Å²) in [7, 11) is 0. The van der Waals surface area contributed by atoms with E-state index in [9.17, 15) is 4.79 Å². The first-order valence-corrected chi connectivity index (χ1v) is 9.21. The van der Waals surface area contributed by atoms with Crippen molar-refractivity contribution in [3.05, 3.63) is 54.4 Å². The monoisotopic (exact) mass is 402 g/mol. The van der Waals surface area contributed by atoms with Gasteiger partial charge in [-0.1, -0.05) is 0 Å². The summed E-state index contributed by atoms with van der Waals surface area (Å²) in [6.07, 6.45) is 7.54. The largest absolute Gasteiger partial charge is 0.380 e. The van der Waals surface area contributed by atoms with Crippen LogP contribution in [0.3, 0.4) is 0 Å². The van der Waals surface area contributed by atoms with Gasteiger partial charge in [0.05, 0.1) is 18.1 Å². The molecule has 0 bridgehead atoms. The van der Waals surface area contributed by atoms with Gasteiger partial charge in [0.1, 0.15) is 11.9 Å². The van der Waals surface area contributed by atoms with E-state index in [0.717, 1.165) is 12.8 Å². The van der Waals surface area contributed by atoms with E-state index in [-0.39, 0.29) is 23.5 Å². The van der Waals surface area contributed by atoms with Gasteiger partial charge in [-0.05, 0) is 25.0 Å². The van der Waals surface area contributed by atoms with Crippen molar-refractivity contribution in [2.75, 3.05) is 16.0 Å². The van der Waals surface area contributed by atoms with Crippen LogP contribution in [-0.4, -0.2) is 43.1 Å². The summed E-state index contributed by atoms with van der Waals surface area (Å²) in [4.78, 5) is 24.7. The van der Waals surface area contributed by atoms with Crippen molar-refractivity contribution >= 4 is 28.9 Å². The molecule has 150 valence electrons. The van der Waals surface area contributed by atoms with Crippen molar-refractivity contribution in [1.29, 1.82) is 5.26 Å². The Kier molecular flexibility index (Phi) is 5.40. The number of carbonyl (C=O) groups is 1. The van der Waals surface area contributed by atoms with Gasteiger partial charge in [-0.25, -0.2) is 9.97 Å². The van der Waals surface area contributed by atoms with Gasteiger partial charge >= 0.3 is 0 Å². The van der Waals surface area contributed by atoms with E-state index in [0.29, 0.717) is 23.0 Å². The molecular weight excluding hydrogens is 384 g/mol. The van der Waals surface area contributed by atoms with Crippen LogP contribution in [0.4, 0.5) is 23.0 Å². The Morgan fingerprint density at radius 2 is 1.93 bits per heavy atom. The molecule has 0 aromatic carbocycles. The Labute approximate surface area is 171 Å². The Morgan fingerprint density at radius 1 is 1.13 bits per heavy atom. The van der Waals surface area contributed by atoms with Crippen LogP contribution >= 0.6 is 0 Å². The number of nitriles is 1. The fourth-order valence-electron chi connectivity index (χ4n) is 2.94. The molecule has 0 spiro atoms. The maximum Gasteiger partial charge on any atom is 0.278 e. The number of nitrogens with two attached hydrogens (primary N) is 1. The zero-order valence-corrected chi connectivity index (χ0v) is 15.8. The van der Waals surface area contributed by atoms with E-state index >= 15 is 0 Å². The van der Waals surface area contributed by atoms with Gasteiger partial charge in [-0.15, -0.1) is 10.2 Å². The minimum Gasteiger partial charge on any atom is -0.380 e. The summed E-state index contributed by atoms with van der Waals surface area (Å²) in [6, 6.07) is 7.26. The maximum atomic E-state index is 12.8. The average Bonchev–Trinajstić information content (AvgIpc) is 2.74. The second kappa shape index (κ2) is 8.46. The molecule has 1 amide bonds. The van der Waals surface area contributed by atoms with E-state index in [1.807, 2.05) is 6.07 Å².